The molecule has 0 aromatic heterocycles. The molecule has 2 N–H and O–H groups in total. The molecule has 0 radical (unpaired) electrons. The highest BCUT2D eigenvalue weighted by atomic mass is 32.2. The minimum Gasteiger partial charge on any atom is -0.368 e. The van der Waals surface area contributed by atoms with Crippen molar-refractivity contribution in [2.24, 2.45) is 5.73 Å². The first-order chi connectivity index (χ1) is 5.86. The van der Waals surface area contributed by atoms with Gasteiger partial charge in [0.05, 0.1) is 0 Å². The van der Waals surface area contributed by atoms with E-state index in [1.54, 1.807) is 0 Å². The van der Waals surface area contributed by atoms with Crippen LogP contribution in [0.5, 0.6) is 0 Å². The molecular weight excluding hydrogens is 170 g/mol. The van der Waals surface area contributed by atoms with Crippen LogP contribution in [0.4, 0.5) is 0 Å². The number of nitrogens with two attached hydrogens (primary N) is 1. The van der Waals surface area contributed by atoms with Crippen LogP contribution in [0.2, 0.25) is 0 Å². The van der Waals surface area contributed by atoms with Gasteiger partial charge in [-0.2, -0.15) is 0 Å². The van der Waals surface area contributed by atoms with Crippen molar-refractivity contribution < 1.29 is 4.74 Å². The summed E-state index contributed by atoms with van der Waals surface area (Å²) in [6, 6.07) is 0.445. The van der Waals surface area contributed by atoms with Crippen LogP contribution in [0, 0.1) is 0 Å². The van der Waals surface area contributed by atoms with Gasteiger partial charge in [0.1, 0.15) is 5.44 Å². The van der Waals surface area contributed by atoms with E-state index in [1.165, 1.54) is 32.1 Å². The van der Waals surface area contributed by atoms with Crippen molar-refractivity contribution in [2.75, 3.05) is 6.61 Å². The summed E-state index contributed by atoms with van der Waals surface area (Å²) < 4.78 is 5.64. The molecule has 3 unspecified atom stereocenters. The van der Waals surface area contributed by atoms with Crippen LogP contribution in [0.1, 0.15) is 32.1 Å². The average molecular weight is 187 g/mol. The third kappa shape index (κ3) is 1.95. The zero-order valence-corrected chi connectivity index (χ0v) is 8.19. The Labute approximate surface area is 78.2 Å². The van der Waals surface area contributed by atoms with Crippen molar-refractivity contribution in [1.29, 1.82) is 0 Å². The molecule has 0 aromatic rings. The Kier molecular flexibility index (Phi) is 2.94. The van der Waals surface area contributed by atoms with Crippen molar-refractivity contribution in [3.05, 3.63) is 0 Å². The smallest absolute Gasteiger partial charge is 0.103 e. The first-order valence-electron chi connectivity index (χ1n) is 4.89. The van der Waals surface area contributed by atoms with Crippen molar-refractivity contribution in [2.45, 2.75) is 48.8 Å². The quantitative estimate of drug-likeness (QED) is 0.715. The number of ether oxygens (including phenoxy) is 1. The fraction of sp³-hybridized carbons (Fsp3) is 1.00. The predicted molar refractivity (Wildman–Crippen MR) is 52.2 cm³/mol. The molecule has 12 heavy (non-hydrogen) atoms. The second-order valence-electron chi connectivity index (χ2n) is 3.71. The van der Waals surface area contributed by atoms with E-state index >= 15 is 0 Å². The molecular formula is C9H17NOS. The summed E-state index contributed by atoms with van der Waals surface area (Å²) in [6.45, 7) is 0.958. The molecule has 2 rings (SSSR count). The largest absolute Gasteiger partial charge is 0.368 e. The van der Waals surface area contributed by atoms with Crippen molar-refractivity contribution in [3.63, 3.8) is 0 Å². The second kappa shape index (κ2) is 3.99. The molecule has 0 aromatic carbocycles. The Morgan fingerprint density at radius 2 is 2.08 bits per heavy atom. The monoisotopic (exact) mass is 187 g/mol. The first-order valence-corrected chi connectivity index (χ1v) is 5.83. The van der Waals surface area contributed by atoms with Crippen LogP contribution in [0.15, 0.2) is 0 Å². The highest BCUT2D eigenvalue weighted by Gasteiger charge is 2.31. The van der Waals surface area contributed by atoms with Crippen molar-refractivity contribution >= 4 is 11.8 Å². The Balaban J connectivity index is 1.70. The number of hydrogen-bond donors (Lipinski definition) is 1. The summed E-state index contributed by atoms with van der Waals surface area (Å²) in [5.41, 5.74) is 6.32. The van der Waals surface area contributed by atoms with Crippen LogP contribution in [0.25, 0.3) is 0 Å². The third-order valence-electron chi connectivity index (χ3n) is 2.73. The molecule has 2 fully saturated rings. The van der Waals surface area contributed by atoms with Gasteiger partial charge in [0.25, 0.3) is 0 Å². The second-order valence-corrected chi connectivity index (χ2v) is 5.12. The van der Waals surface area contributed by atoms with Gasteiger partial charge in [0.2, 0.25) is 0 Å². The van der Waals surface area contributed by atoms with Crippen LogP contribution in [-0.2, 0) is 4.74 Å². The molecule has 3 heteroatoms. The zero-order chi connectivity index (χ0) is 8.39. The summed E-state index contributed by atoms with van der Waals surface area (Å²) in [7, 11) is 0. The summed E-state index contributed by atoms with van der Waals surface area (Å²) in [4.78, 5) is 0. The Morgan fingerprint density at radius 1 is 1.17 bits per heavy atom. The zero-order valence-electron chi connectivity index (χ0n) is 7.37. The van der Waals surface area contributed by atoms with Gasteiger partial charge in [0.15, 0.2) is 0 Å². The lowest BCUT2D eigenvalue weighted by Gasteiger charge is -2.36. The van der Waals surface area contributed by atoms with Gasteiger partial charge >= 0.3 is 0 Å². The summed E-state index contributed by atoms with van der Waals surface area (Å²) >= 11 is 1.97. The van der Waals surface area contributed by atoms with Crippen LogP contribution >= 0.6 is 11.8 Å². The lowest BCUT2D eigenvalue weighted by atomic mass is 9.93. The number of hydrogen-bond acceptors (Lipinski definition) is 3. The first kappa shape index (κ1) is 8.85. The van der Waals surface area contributed by atoms with E-state index in [1.807, 2.05) is 11.8 Å². The molecule has 1 aliphatic carbocycles. The Morgan fingerprint density at radius 3 is 2.58 bits per heavy atom. The predicted octanol–water partition coefficient (Wildman–Crippen LogP) is 1.74. The molecule has 1 heterocycles. The fourth-order valence-corrected chi connectivity index (χ4v) is 3.16. The maximum Gasteiger partial charge on any atom is 0.103 e. The molecule has 1 saturated heterocycles. The van der Waals surface area contributed by atoms with E-state index in [2.05, 4.69) is 0 Å². The summed E-state index contributed by atoms with van der Waals surface area (Å²) in [6.07, 6.45) is 6.32. The minimum absolute atomic E-state index is 0.445. The lowest BCUT2D eigenvalue weighted by molar-refractivity contribution is 0.0718. The SMILES string of the molecule is NC1CCC1SC1CCCCO1. The van der Waals surface area contributed by atoms with Gasteiger partial charge < -0.3 is 10.5 Å². The Bertz CT molecular complexity index is 147. The van der Waals surface area contributed by atoms with Crippen molar-refractivity contribution in [1.82, 2.24) is 0 Å². The standard InChI is InChI=1S/C9H17NOS/c10-7-4-5-8(7)12-9-3-1-2-6-11-9/h7-9H,1-6,10H2. The molecule has 0 bridgehead atoms. The van der Waals surface area contributed by atoms with Gasteiger partial charge in [0, 0.05) is 17.9 Å². The van der Waals surface area contributed by atoms with E-state index in [0.29, 0.717) is 16.7 Å². The maximum atomic E-state index is 5.86. The van der Waals surface area contributed by atoms with Crippen LogP contribution < -0.4 is 5.73 Å². The summed E-state index contributed by atoms with van der Waals surface area (Å²) in [5, 5.41) is 0.688. The molecule has 3 atom stereocenters. The van der Waals surface area contributed by atoms with Gasteiger partial charge in [-0.3, -0.25) is 0 Å². The van der Waals surface area contributed by atoms with E-state index in [4.69, 9.17) is 10.5 Å². The normalized spacial score (nSPS) is 42.2. The van der Waals surface area contributed by atoms with E-state index in [0.717, 1.165) is 6.61 Å². The molecule has 1 aliphatic heterocycles. The molecule has 70 valence electrons. The molecule has 1 saturated carbocycles. The van der Waals surface area contributed by atoms with E-state index in [-0.39, 0.29) is 0 Å². The van der Waals surface area contributed by atoms with Gasteiger partial charge in [-0.1, -0.05) is 0 Å². The van der Waals surface area contributed by atoms with E-state index < -0.39 is 0 Å². The van der Waals surface area contributed by atoms with Crippen molar-refractivity contribution in [3.8, 4) is 0 Å². The number of rotatable bonds is 2. The topological polar surface area (TPSA) is 35.2 Å². The highest BCUT2D eigenvalue weighted by Crippen LogP contribution is 2.36. The Hall–Kier alpha value is 0.270. The fourth-order valence-electron chi connectivity index (χ4n) is 1.68. The molecule has 2 aliphatic rings. The highest BCUT2D eigenvalue weighted by molar-refractivity contribution is 8.00. The summed E-state index contributed by atoms with van der Waals surface area (Å²) in [5.74, 6) is 0. The van der Waals surface area contributed by atoms with Crippen LogP contribution in [0.3, 0.4) is 0 Å². The van der Waals surface area contributed by atoms with Gasteiger partial charge in [-0.25, -0.2) is 0 Å². The molecule has 0 spiro atoms. The average Bonchev–Trinajstić information content (AvgIpc) is 2.14. The molecule has 2 nitrogen and oxygen atoms in total. The van der Waals surface area contributed by atoms with E-state index in [9.17, 15) is 0 Å². The lowest BCUT2D eigenvalue weighted by Crippen LogP contribution is -2.43. The molecule has 0 amide bonds. The van der Waals surface area contributed by atoms with Gasteiger partial charge in [-0.05, 0) is 32.1 Å². The number of thioether (sulfide) groups is 1. The van der Waals surface area contributed by atoms with Crippen LogP contribution in [-0.4, -0.2) is 23.3 Å². The third-order valence-corrected chi connectivity index (χ3v) is 4.34. The van der Waals surface area contributed by atoms with Gasteiger partial charge in [-0.15, -0.1) is 11.8 Å². The minimum atomic E-state index is 0.445. The maximum absolute atomic E-state index is 5.86.